The maximum absolute atomic E-state index is 12.3. The highest BCUT2D eigenvalue weighted by atomic mass is 127. The number of carbonyl (C=O) groups is 1. The van der Waals surface area contributed by atoms with Gasteiger partial charge in [-0.15, -0.1) is 24.0 Å². The van der Waals surface area contributed by atoms with Gasteiger partial charge in [0.2, 0.25) is 5.91 Å². The Balaban J connectivity index is 0.00000320. The number of guanidine groups is 1. The standard InChI is InChI=1S/C22H35N5O2.HI/c1-23-22(25-16-20(17-28)18-6-3-2-4-7-18)24-10-11-26-12-14-27(15-13-26)21(29)19-8-5-9-19;/h2-4,6-7,19-20,28H,5,8-17H2,1H3,(H2,23,24,25);1H. The first-order valence-electron chi connectivity index (χ1n) is 10.8. The van der Waals surface area contributed by atoms with E-state index in [9.17, 15) is 9.90 Å². The van der Waals surface area contributed by atoms with Gasteiger partial charge in [0, 0.05) is 64.7 Å². The molecule has 1 unspecified atom stereocenters. The van der Waals surface area contributed by atoms with Crippen molar-refractivity contribution in [1.82, 2.24) is 20.4 Å². The number of aliphatic hydroxyl groups excluding tert-OH is 1. The first-order valence-corrected chi connectivity index (χ1v) is 10.8. The summed E-state index contributed by atoms with van der Waals surface area (Å²) in [4.78, 5) is 21.1. The molecule has 2 fully saturated rings. The molecule has 1 aromatic carbocycles. The number of aliphatic hydroxyl groups is 1. The van der Waals surface area contributed by atoms with E-state index in [0.717, 1.165) is 63.6 Å². The molecular weight excluding hydrogens is 493 g/mol. The first-order chi connectivity index (χ1) is 14.2. The molecule has 1 aromatic rings. The van der Waals surface area contributed by atoms with E-state index in [4.69, 9.17) is 0 Å². The van der Waals surface area contributed by atoms with Gasteiger partial charge in [-0.05, 0) is 18.4 Å². The molecule has 0 aromatic heterocycles. The van der Waals surface area contributed by atoms with Gasteiger partial charge in [-0.1, -0.05) is 36.8 Å². The smallest absolute Gasteiger partial charge is 0.225 e. The summed E-state index contributed by atoms with van der Waals surface area (Å²) in [5, 5.41) is 16.4. The summed E-state index contributed by atoms with van der Waals surface area (Å²) in [6.45, 7) is 6.01. The van der Waals surface area contributed by atoms with Crippen LogP contribution in [-0.4, -0.2) is 86.2 Å². The molecule has 1 aliphatic heterocycles. The minimum absolute atomic E-state index is 0. The number of nitrogens with zero attached hydrogens (tertiary/aromatic N) is 3. The molecule has 0 spiro atoms. The largest absolute Gasteiger partial charge is 0.396 e. The number of halogens is 1. The van der Waals surface area contributed by atoms with Crippen molar-refractivity contribution in [1.29, 1.82) is 0 Å². The van der Waals surface area contributed by atoms with Crippen molar-refractivity contribution in [3.63, 3.8) is 0 Å². The van der Waals surface area contributed by atoms with E-state index >= 15 is 0 Å². The number of benzene rings is 1. The SMILES string of the molecule is CN=C(NCCN1CCN(C(=O)C2CCC2)CC1)NCC(CO)c1ccccc1.I. The number of hydrogen-bond donors (Lipinski definition) is 3. The van der Waals surface area contributed by atoms with E-state index in [1.807, 2.05) is 35.2 Å². The first kappa shape index (κ1) is 24.9. The molecule has 3 N–H and O–H groups in total. The van der Waals surface area contributed by atoms with Gasteiger partial charge in [0.15, 0.2) is 5.96 Å². The predicted molar refractivity (Wildman–Crippen MR) is 131 cm³/mol. The van der Waals surface area contributed by atoms with Gasteiger partial charge in [-0.2, -0.15) is 0 Å². The zero-order valence-electron chi connectivity index (χ0n) is 17.9. The van der Waals surface area contributed by atoms with Gasteiger partial charge in [0.05, 0.1) is 6.61 Å². The summed E-state index contributed by atoms with van der Waals surface area (Å²) in [6.07, 6.45) is 3.37. The molecule has 1 atom stereocenters. The molecule has 3 rings (SSSR count). The summed E-state index contributed by atoms with van der Waals surface area (Å²) in [6, 6.07) is 10.0. The lowest BCUT2D eigenvalue weighted by molar-refractivity contribution is -0.139. The molecule has 168 valence electrons. The van der Waals surface area contributed by atoms with E-state index in [-0.39, 0.29) is 36.5 Å². The Kier molecular flexibility index (Phi) is 10.9. The summed E-state index contributed by atoms with van der Waals surface area (Å²) in [5.74, 6) is 1.46. The lowest BCUT2D eigenvalue weighted by Crippen LogP contribution is -2.52. The highest BCUT2D eigenvalue weighted by Gasteiger charge is 2.30. The number of piperazine rings is 1. The quantitative estimate of drug-likeness (QED) is 0.270. The van der Waals surface area contributed by atoms with Crippen LogP contribution in [0.15, 0.2) is 35.3 Å². The second kappa shape index (κ2) is 13.1. The fourth-order valence-electron chi connectivity index (χ4n) is 3.89. The van der Waals surface area contributed by atoms with Gasteiger partial charge >= 0.3 is 0 Å². The lowest BCUT2D eigenvalue weighted by Gasteiger charge is -2.38. The topological polar surface area (TPSA) is 80.2 Å². The van der Waals surface area contributed by atoms with Crippen molar-refractivity contribution in [3.05, 3.63) is 35.9 Å². The summed E-state index contributed by atoms with van der Waals surface area (Å²) in [7, 11) is 1.76. The van der Waals surface area contributed by atoms with Gasteiger partial charge in [0.25, 0.3) is 0 Å². The molecule has 0 bridgehead atoms. The van der Waals surface area contributed by atoms with Crippen molar-refractivity contribution in [3.8, 4) is 0 Å². The molecule has 30 heavy (non-hydrogen) atoms. The third kappa shape index (κ3) is 7.09. The Morgan fingerprint density at radius 1 is 1.17 bits per heavy atom. The Labute approximate surface area is 197 Å². The average Bonchev–Trinajstić information content (AvgIpc) is 2.73. The predicted octanol–water partition coefficient (Wildman–Crippen LogP) is 1.49. The highest BCUT2D eigenvalue weighted by molar-refractivity contribution is 14.0. The van der Waals surface area contributed by atoms with Crippen LogP contribution in [0, 0.1) is 5.92 Å². The van der Waals surface area contributed by atoms with Crippen LogP contribution in [0.5, 0.6) is 0 Å². The van der Waals surface area contributed by atoms with Crippen LogP contribution in [0.3, 0.4) is 0 Å². The fraction of sp³-hybridized carbons (Fsp3) is 0.636. The van der Waals surface area contributed by atoms with Gasteiger partial charge in [0.1, 0.15) is 0 Å². The monoisotopic (exact) mass is 529 g/mol. The van der Waals surface area contributed by atoms with Crippen LogP contribution in [0.25, 0.3) is 0 Å². The minimum atomic E-state index is 0. The molecule has 2 aliphatic rings. The number of nitrogens with one attached hydrogen (secondary N) is 2. The molecule has 0 radical (unpaired) electrons. The van der Waals surface area contributed by atoms with Crippen molar-refractivity contribution in [2.45, 2.75) is 25.2 Å². The molecule has 1 aliphatic carbocycles. The second-order valence-corrected chi connectivity index (χ2v) is 7.96. The van der Waals surface area contributed by atoms with Gasteiger partial charge in [-0.3, -0.25) is 14.7 Å². The number of amides is 1. The van der Waals surface area contributed by atoms with Crippen LogP contribution in [0.1, 0.15) is 30.7 Å². The second-order valence-electron chi connectivity index (χ2n) is 7.96. The van der Waals surface area contributed by atoms with Crippen LogP contribution < -0.4 is 10.6 Å². The summed E-state index contributed by atoms with van der Waals surface area (Å²) >= 11 is 0. The number of aliphatic imine (C=N–C) groups is 1. The zero-order valence-corrected chi connectivity index (χ0v) is 20.3. The Hall–Kier alpha value is -1.39. The minimum Gasteiger partial charge on any atom is -0.396 e. The highest BCUT2D eigenvalue weighted by Crippen LogP contribution is 2.28. The Morgan fingerprint density at radius 2 is 1.87 bits per heavy atom. The van der Waals surface area contributed by atoms with Crippen LogP contribution in [-0.2, 0) is 4.79 Å². The van der Waals surface area contributed by atoms with Crippen LogP contribution >= 0.6 is 24.0 Å². The Bertz CT molecular complexity index is 661. The molecule has 1 saturated carbocycles. The van der Waals surface area contributed by atoms with E-state index in [2.05, 4.69) is 20.5 Å². The number of rotatable bonds is 8. The molecule has 7 nitrogen and oxygen atoms in total. The van der Waals surface area contributed by atoms with Crippen molar-refractivity contribution in [2.24, 2.45) is 10.9 Å². The van der Waals surface area contributed by atoms with E-state index in [1.165, 1.54) is 6.42 Å². The average molecular weight is 529 g/mol. The maximum Gasteiger partial charge on any atom is 0.225 e. The normalized spacial score (nSPS) is 18.9. The molecule has 8 heteroatoms. The van der Waals surface area contributed by atoms with Crippen molar-refractivity contribution >= 4 is 35.8 Å². The van der Waals surface area contributed by atoms with Crippen LogP contribution in [0.4, 0.5) is 0 Å². The van der Waals surface area contributed by atoms with Gasteiger partial charge < -0.3 is 20.6 Å². The van der Waals surface area contributed by atoms with Crippen molar-refractivity contribution in [2.75, 3.05) is 59.5 Å². The lowest BCUT2D eigenvalue weighted by atomic mass is 9.84. The maximum atomic E-state index is 12.3. The Morgan fingerprint density at radius 3 is 2.43 bits per heavy atom. The summed E-state index contributed by atoms with van der Waals surface area (Å²) < 4.78 is 0. The molecule has 1 saturated heterocycles. The van der Waals surface area contributed by atoms with Crippen molar-refractivity contribution < 1.29 is 9.90 Å². The molecule has 1 heterocycles. The third-order valence-corrected chi connectivity index (χ3v) is 6.09. The van der Waals surface area contributed by atoms with Gasteiger partial charge in [-0.25, -0.2) is 0 Å². The zero-order chi connectivity index (χ0) is 20.5. The van der Waals surface area contributed by atoms with Crippen LogP contribution in [0.2, 0.25) is 0 Å². The molecular formula is C22H36IN5O2. The number of hydrogen-bond acceptors (Lipinski definition) is 4. The third-order valence-electron chi connectivity index (χ3n) is 6.09. The molecule has 1 amide bonds. The van der Waals surface area contributed by atoms with E-state index in [0.29, 0.717) is 18.4 Å². The van der Waals surface area contributed by atoms with E-state index < -0.39 is 0 Å². The van der Waals surface area contributed by atoms with E-state index in [1.54, 1.807) is 7.05 Å². The summed E-state index contributed by atoms with van der Waals surface area (Å²) in [5.41, 5.74) is 1.12. The fourth-order valence-corrected chi connectivity index (χ4v) is 3.89. The number of carbonyl (C=O) groups excluding carboxylic acids is 1.